The average molecular weight is 292 g/mol. The zero-order valence-electron chi connectivity index (χ0n) is 13.9. The van der Waals surface area contributed by atoms with Gasteiger partial charge in [0.15, 0.2) is 0 Å². The van der Waals surface area contributed by atoms with E-state index in [1.807, 2.05) is 0 Å². The second kappa shape index (κ2) is 11.5. The lowest BCUT2D eigenvalue weighted by Gasteiger charge is -2.05. The fourth-order valence-electron chi connectivity index (χ4n) is 2.49. The molecule has 0 saturated heterocycles. The molecular weight excluding hydrogens is 260 g/mol. The van der Waals surface area contributed by atoms with E-state index in [2.05, 4.69) is 28.8 Å². The molecule has 120 valence electrons. The number of aromatic nitrogens is 3. The lowest BCUT2D eigenvalue weighted by atomic mass is 10.1. The molecule has 0 aliphatic heterocycles. The van der Waals surface area contributed by atoms with E-state index in [0.29, 0.717) is 5.95 Å². The van der Waals surface area contributed by atoms with E-state index in [0.717, 1.165) is 37.3 Å². The van der Waals surface area contributed by atoms with Crippen LogP contribution in [0.1, 0.15) is 89.7 Å². The van der Waals surface area contributed by atoms with Crippen LogP contribution in [0.4, 0.5) is 5.95 Å². The number of nitrogens with two attached hydrogens (primary N) is 1. The molecule has 0 saturated carbocycles. The Morgan fingerprint density at radius 1 is 0.619 bits per heavy atom. The first-order valence-electron chi connectivity index (χ1n) is 8.75. The molecule has 1 aromatic rings. The molecule has 0 fully saturated rings. The van der Waals surface area contributed by atoms with E-state index in [4.69, 9.17) is 5.73 Å². The molecule has 4 nitrogen and oxygen atoms in total. The Morgan fingerprint density at radius 2 is 1.05 bits per heavy atom. The summed E-state index contributed by atoms with van der Waals surface area (Å²) in [4.78, 5) is 13.1. The van der Waals surface area contributed by atoms with Crippen LogP contribution in [-0.2, 0) is 12.8 Å². The van der Waals surface area contributed by atoms with Crippen LogP contribution in [0, 0.1) is 0 Å². The Balaban J connectivity index is 2.32. The predicted molar refractivity (Wildman–Crippen MR) is 89.2 cm³/mol. The van der Waals surface area contributed by atoms with Crippen molar-refractivity contribution in [3.05, 3.63) is 11.6 Å². The standard InChI is InChI=1S/C17H32N4/c1-3-5-7-9-11-13-15-19-16(21-17(18)20-15)14-12-10-8-6-4-2/h3-14H2,1-2H3,(H2,18,19,20,21). The number of hydrogen-bond donors (Lipinski definition) is 1. The summed E-state index contributed by atoms with van der Waals surface area (Å²) in [6.45, 7) is 4.47. The van der Waals surface area contributed by atoms with E-state index in [9.17, 15) is 0 Å². The number of nitrogens with zero attached hydrogens (tertiary/aromatic N) is 3. The van der Waals surface area contributed by atoms with E-state index < -0.39 is 0 Å². The topological polar surface area (TPSA) is 64.7 Å². The number of anilines is 1. The van der Waals surface area contributed by atoms with Gasteiger partial charge in [-0.3, -0.25) is 0 Å². The van der Waals surface area contributed by atoms with Crippen LogP contribution >= 0.6 is 0 Å². The summed E-state index contributed by atoms with van der Waals surface area (Å²) in [7, 11) is 0. The maximum atomic E-state index is 5.80. The number of rotatable bonds is 12. The average Bonchev–Trinajstić information content (AvgIpc) is 2.46. The Hall–Kier alpha value is -1.19. The van der Waals surface area contributed by atoms with Gasteiger partial charge in [0.05, 0.1) is 0 Å². The SMILES string of the molecule is CCCCCCCc1nc(N)nc(CCCCCCC)n1. The van der Waals surface area contributed by atoms with Crippen LogP contribution in [0.25, 0.3) is 0 Å². The zero-order valence-corrected chi connectivity index (χ0v) is 13.9. The summed E-state index contributed by atoms with van der Waals surface area (Å²) in [5, 5.41) is 0. The van der Waals surface area contributed by atoms with Crippen LogP contribution in [0.2, 0.25) is 0 Å². The number of aryl methyl sites for hydroxylation is 2. The summed E-state index contributed by atoms with van der Waals surface area (Å²) >= 11 is 0. The van der Waals surface area contributed by atoms with Crippen molar-refractivity contribution in [3.63, 3.8) is 0 Å². The van der Waals surface area contributed by atoms with E-state index in [1.54, 1.807) is 0 Å². The third kappa shape index (κ3) is 8.64. The predicted octanol–water partition coefficient (Wildman–Crippen LogP) is 4.48. The fourth-order valence-corrected chi connectivity index (χ4v) is 2.49. The van der Waals surface area contributed by atoms with Crippen LogP contribution in [0.15, 0.2) is 0 Å². The first-order valence-corrected chi connectivity index (χ1v) is 8.75. The van der Waals surface area contributed by atoms with Gasteiger partial charge in [-0.25, -0.2) is 4.98 Å². The summed E-state index contributed by atoms with van der Waals surface area (Å²) < 4.78 is 0. The van der Waals surface area contributed by atoms with Crippen molar-refractivity contribution in [3.8, 4) is 0 Å². The molecule has 0 aliphatic carbocycles. The molecule has 0 atom stereocenters. The molecule has 0 spiro atoms. The van der Waals surface area contributed by atoms with Gasteiger partial charge in [-0.15, -0.1) is 0 Å². The molecule has 0 aliphatic rings. The van der Waals surface area contributed by atoms with Crippen LogP contribution < -0.4 is 5.73 Å². The van der Waals surface area contributed by atoms with Gasteiger partial charge in [-0.05, 0) is 12.8 Å². The van der Waals surface area contributed by atoms with Crippen molar-refractivity contribution < 1.29 is 0 Å². The van der Waals surface area contributed by atoms with Crippen molar-refractivity contribution in [1.29, 1.82) is 0 Å². The van der Waals surface area contributed by atoms with Crippen molar-refractivity contribution in [2.45, 2.75) is 90.9 Å². The summed E-state index contributed by atoms with van der Waals surface area (Å²) in [6, 6.07) is 0. The van der Waals surface area contributed by atoms with Gasteiger partial charge in [0.1, 0.15) is 11.6 Å². The van der Waals surface area contributed by atoms with Crippen LogP contribution in [0.3, 0.4) is 0 Å². The van der Waals surface area contributed by atoms with Gasteiger partial charge in [0.2, 0.25) is 5.95 Å². The minimum Gasteiger partial charge on any atom is -0.368 e. The minimum absolute atomic E-state index is 0.386. The van der Waals surface area contributed by atoms with Crippen molar-refractivity contribution in [1.82, 2.24) is 15.0 Å². The molecule has 0 bridgehead atoms. The Kier molecular flexibility index (Phi) is 9.75. The summed E-state index contributed by atoms with van der Waals surface area (Å²) in [5.74, 6) is 2.14. The summed E-state index contributed by atoms with van der Waals surface area (Å²) in [6.07, 6.45) is 14.5. The highest BCUT2D eigenvalue weighted by atomic mass is 15.1. The molecule has 0 amide bonds. The van der Waals surface area contributed by atoms with E-state index in [1.165, 1.54) is 51.4 Å². The van der Waals surface area contributed by atoms with E-state index in [-0.39, 0.29) is 0 Å². The molecule has 21 heavy (non-hydrogen) atoms. The quantitative estimate of drug-likeness (QED) is 0.577. The maximum Gasteiger partial charge on any atom is 0.223 e. The Labute approximate surface area is 130 Å². The first-order chi connectivity index (χ1) is 10.3. The maximum absolute atomic E-state index is 5.80. The minimum atomic E-state index is 0.386. The summed E-state index contributed by atoms with van der Waals surface area (Å²) in [5.41, 5.74) is 5.80. The second-order valence-corrected chi connectivity index (χ2v) is 5.85. The number of hydrogen-bond acceptors (Lipinski definition) is 4. The smallest absolute Gasteiger partial charge is 0.223 e. The monoisotopic (exact) mass is 292 g/mol. The molecule has 0 radical (unpaired) electrons. The molecule has 0 unspecified atom stereocenters. The van der Waals surface area contributed by atoms with Gasteiger partial charge >= 0.3 is 0 Å². The zero-order chi connectivity index (χ0) is 15.3. The largest absolute Gasteiger partial charge is 0.368 e. The normalized spacial score (nSPS) is 11.0. The van der Waals surface area contributed by atoms with Crippen molar-refractivity contribution >= 4 is 5.95 Å². The van der Waals surface area contributed by atoms with Crippen LogP contribution in [0.5, 0.6) is 0 Å². The lowest BCUT2D eigenvalue weighted by molar-refractivity contribution is 0.607. The second-order valence-electron chi connectivity index (χ2n) is 5.85. The molecule has 0 aromatic carbocycles. The van der Waals surface area contributed by atoms with Gasteiger partial charge in [0, 0.05) is 12.8 Å². The van der Waals surface area contributed by atoms with Crippen molar-refractivity contribution in [2.24, 2.45) is 0 Å². The molecular formula is C17H32N4. The van der Waals surface area contributed by atoms with Gasteiger partial charge in [-0.2, -0.15) is 9.97 Å². The number of unbranched alkanes of at least 4 members (excludes halogenated alkanes) is 8. The highest BCUT2D eigenvalue weighted by molar-refractivity contribution is 5.16. The molecule has 1 rings (SSSR count). The third-order valence-corrected chi connectivity index (χ3v) is 3.75. The van der Waals surface area contributed by atoms with Gasteiger partial charge < -0.3 is 5.73 Å². The molecule has 4 heteroatoms. The number of nitrogen functional groups attached to an aromatic ring is 1. The third-order valence-electron chi connectivity index (χ3n) is 3.75. The fraction of sp³-hybridized carbons (Fsp3) is 0.824. The lowest BCUT2D eigenvalue weighted by Crippen LogP contribution is -2.07. The van der Waals surface area contributed by atoms with Gasteiger partial charge in [-0.1, -0.05) is 65.2 Å². The van der Waals surface area contributed by atoms with Gasteiger partial charge in [0.25, 0.3) is 0 Å². The highest BCUT2D eigenvalue weighted by Gasteiger charge is 2.04. The Morgan fingerprint density at radius 3 is 1.48 bits per heavy atom. The molecule has 1 aromatic heterocycles. The Bertz CT molecular complexity index is 347. The van der Waals surface area contributed by atoms with E-state index >= 15 is 0 Å². The van der Waals surface area contributed by atoms with Crippen LogP contribution in [-0.4, -0.2) is 15.0 Å². The molecule has 1 heterocycles. The van der Waals surface area contributed by atoms with Crippen molar-refractivity contribution in [2.75, 3.05) is 5.73 Å². The molecule has 2 N–H and O–H groups in total. The first kappa shape index (κ1) is 17.9. The highest BCUT2D eigenvalue weighted by Crippen LogP contribution is 2.09.